The first-order valence-corrected chi connectivity index (χ1v) is 8.37. The van der Waals surface area contributed by atoms with Crippen LogP contribution in [0.1, 0.15) is 18.0 Å². The van der Waals surface area contributed by atoms with Gasteiger partial charge in [0, 0.05) is 32.2 Å². The van der Waals surface area contributed by atoms with Crippen molar-refractivity contribution in [3.05, 3.63) is 48.5 Å². The highest BCUT2D eigenvalue weighted by Gasteiger charge is 2.17. The summed E-state index contributed by atoms with van der Waals surface area (Å²) < 4.78 is 2.04. The van der Waals surface area contributed by atoms with Gasteiger partial charge in [-0.3, -0.25) is 4.57 Å². The van der Waals surface area contributed by atoms with Gasteiger partial charge < -0.3 is 10.6 Å². The van der Waals surface area contributed by atoms with Gasteiger partial charge in [-0.15, -0.1) is 0 Å². The number of anilines is 2. The molecular formula is C16H19N7S. The molecule has 2 aromatic heterocycles. The van der Waals surface area contributed by atoms with E-state index in [1.807, 2.05) is 67.0 Å². The highest BCUT2D eigenvalue weighted by molar-refractivity contribution is 7.99. The molecule has 124 valence electrons. The van der Waals surface area contributed by atoms with E-state index in [0.29, 0.717) is 11.8 Å². The number of para-hydroxylation sites is 1. The average Bonchev–Trinajstić information content (AvgIpc) is 3.03. The van der Waals surface area contributed by atoms with E-state index in [0.717, 1.165) is 10.8 Å². The average molecular weight is 341 g/mol. The first-order chi connectivity index (χ1) is 11.5. The Bertz CT molecular complexity index is 816. The molecule has 2 N–H and O–H groups in total. The molecule has 2 heterocycles. The first kappa shape index (κ1) is 16.3. The smallest absolute Gasteiger partial charge is 0.229 e. The minimum absolute atomic E-state index is 0.0149. The van der Waals surface area contributed by atoms with Crippen LogP contribution in [0.25, 0.3) is 5.69 Å². The number of hydrogen-bond acceptors (Lipinski definition) is 7. The lowest BCUT2D eigenvalue weighted by molar-refractivity contribution is 0.847. The van der Waals surface area contributed by atoms with Crippen molar-refractivity contribution in [1.29, 1.82) is 0 Å². The topological polar surface area (TPSA) is 85.8 Å². The quantitative estimate of drug-likeness (QED) is 0.714. The maximum Gasteiger partial charge on any atom is 0.229 e. The molecule has 0 aliphatic heterocycles. The summed E-state index contributed by atoms with van der Waals surface area (Å²) >= 11 is 1.58. The lowest BCUT2D eigenvalue weighted by Crippen LogP contribution is -2.16. The molecule has 0 amide bonds. The second kappa shape index (κ2) is 6.88. The van der Waals surface area contributed by atoms with E-state index in [1.165, 1.54) is 0 Å². The van der Waals surface area contributed by atoms with Crippen molar-refractivity contribution < 1.29 is 0 Å². The molecule has 0 unspecified atom stereocenters. The zero-order valence-electron chi connectivity index (χ0n) is 13.8. The summed E-state index contributed by atoms with van der Waals surface area (Å²) in [6.45, 7) is 2.03. The molecule has 0 spiro atoms. The van der Waals surface area contributed by atoms with Gasteiger partial charge in [0.25, 0.3) is 0 Å². The summed E-state index contributed by atoms with van der Waals surface area (Å²) in [4.78, 5) is 19.1. The molecular weight excluding hydrogens is 322 g/mol. The fourth-order valence-corrected chi connectivity index (χ4v) is 3.08. The summed E-state index contributed by atoms with van der Waals surface area (Å²) in [6.07, 6.45) is 3.73. The van der Waals surface area contributed by atoms with E-state index in [2.05, 4.69) is 19.9 Å². The molecule has 0 aliphatic rings. The van der Waals surface area contributed by atoms with E-state index in [-0.39, 0.29) is 11.2 Å². The second-order valence-corrected chi connectivity index (χ2v) is 6.73. The number of hydrogen-bond donors (Lipinski definition) is 1. The molecule has 8 heteroatoms. The minimum Gasteiger partial charge on any atom is -0.368 e. The van der Waals surface area contributed by atoms with Crippen LogP contribution in [0, 0.1) is 0 Å². The summed E-state index contributed by atoms with van der Waals surface area (Å²) in [5.74, 6) is 1.41. The van der Waals surface area contributed by atoms with Crippen LogP contribution in [0.5, 0.6) is 0 Å². The fourth-order valence-electron chi connectivity index (χ4n) is 2.15. The molecule has 1 aromatic carbocycles. The molecule has 0 saturated heterocycles. The lowest BCUT2D eigenvalue weighted by atomic mass is 10.3. The fraction of sp³-hybridized carbons (Fsp3) is 0.250. The number of aromatic nitrogens is 5. The van der Waals surface area contributed by atoms with Gasteiger partial charge in [-0.05, 0) is 19.1 Å². The molecule has 0 fully saturated rings. The predicted octanol–water partition coefficient (Wildman–Crippen LogP) is 2.56. The van der Waals surface area contributed by atoms with Crippen LogP contribution in [-0.2, 0) is 0 Å². The van der Waals surface area contributed by atoms with Crippen LogP contribution in [0.4, 0.5) is 11.9 Å². The van der Waals surface area contributed by atoms with E-state index >= 15 is 0 Å². The number of nitrogens with two attached hydrogens (primary N) is 1. The van der Waals surface area contributed by atoms with Crippen molar-refractivity contribution in [1.82, 2.24) is 24.5 Å². The Morgan fingerprint density at radius 2 is 1.88 bits per heavy atom. The molecule has 3 rings (SSSR count). The van der Waals surface area contributed by atoms with Gasteiger partial charge in [0.05, 0.1) is 5.25 Å². The number of thioether (sulfide) groups is 1. The van der Waals surface area contributed by atoms with Crippen LogP contribution in [0.15, 0.2) is 47.9 Å². The summed E-state index contributed by atoms with van der Waals surface area (Å²) in [6, 6.07) is 10.1. The zero-order valence-corrected chi connectivity index (χ0v) is 14.6. The van der Waals surface area contributed by atoms with Gasteiger partial charge in [-0.1, -0.05) is 30.0 Å². The first-order valence-electron chi connectivity index (χ1n) is 7.49. The van der Waals surface area contributed by atoms with Gasteiger partial charge in [0.15, 0.2) is 5.16 Å². The largest absolute Gasteiger partial charge is 0.368 e. The third-order valence-corrected chi connectivity index (χ3v) is 4.42. The maximum atomic E-state index is 5.81. The van der Waals surface area contributed by atoms with E-state index in [1.54, 1.807) is 18.0 Å². The Hall–Kier alpha value is -2.61. The number of nitrogen functional groups attached to an aromatic ring is 1. The summed E-state index contributed by atoms with van der Waals surface area (Å²) in [5, 5.41) is 0.859. The monoisotopic (exact) mass is 341 g/mol. The third-order valence-electron chi connectivity index (χ3n) is 3.35. The SMILES string of the molecule is C[C@H](Sc1nccn1-c1ccccc1)c1nc(N)nc(N(C)C)n1. The molecule has 0 saturated carbocycles. The predicted molar refractivity (Wildman–Crippen MR) is 96.4 cm³/mol. The van der Waals surface area contributed by atoms with Gasteiger partial charge in [-0.25, -0.2) is 4.98 Å². The standard InChI is InChI=1S/C16H19N7S/c1-11(13-19-14(17)21-15(20-13)22(2)3)24-16-18-9-10-23(16)12-7-5-4-6-8-12/h4-11H,1-3H3,(H2,17,19,20,21)/t11-/m0/s1. The number of imidazole rings is 1. The molecule has 3 aromatic rings. The van der Waals surface area contributed by atoms with Crippen molar-refractivity contribution >= 4 is 23.7 Å². The van der Waals surface area contributed by atoms with Crippen molar-refractivity contribution in [2.24, 2.45) is 0 Å². The van der Waals surface area contributed by atoms with Crippen molar-refractivity contribution in [3.63, 3.8) is 0 Å². The van der Waals surface area contributed by atoms with Crippen LogP contribution >= 0.6 is 11.8 Å². The van der Waals surface area contributed by atoms with Gasteiger partial charge in [-0.2, -0.15) is 15.0 Å². The van der Waals surface area contributed by atoms with Crippen LogP contribution < -0.4 is 10.6 Å². The summed E-state index contributed by atoms with van der Waals surface area (Å²) in [5.41, 5.74) is 6.87. The number of rotatable bonds is 5. The Balaban J connectivity index is 1.86. The number of benzene rings is 1. The van der Waals surface area contributed by atoms with Crippen molar-refractivity contribution in [3.8, 4) is 5.69 Å². The van der Waals surface area contributed by atoms with Crippen molar-refractivity contribution in [2.75, 3.05) is 24.7 Å². The van der Waals surface area contributed by atoms with Crippen LogP contribution in [-0.4, -0.2) is 38.6 Å². The normalized spacial score (nSPS) is 12.1. The Morgan fingerprint density at radius 1 is 1.12 bits per heavy atom. The van der Waals surface area contributed by atoms with E-state index < -0.39 is 0 Å². The van der Waals surface area contributed by atoms with E-state index in [4.69, 9.17) is 5.73 Å². The third kappa shape index (κ3) is 3.48. The van der Waals surface area contributed by atoms with Gasteiger partial charge in [0.1, 0.15) is 5.82 Å². The van der Waals surface area contributed by atoms with Crippen LogP contribution in [0.2, 0.25) is 0 Å². The van der Waals surface area contributed by atoms with Crippen LogP contribution in [0.3, 0.4) is 0 Å². The van der Waals surface area contributed by atoms with Gasteiger partial charge in [0.2, 0.25) is 11.9 Å². The second-order valence-electron chi connectivity index (χ2n) is 5.42. The highest BCUT2D eigenvalue weighted by atomic mass is 32.2. The minimum atomic E-state index is -0.0149. The number of nitrogens with zero attached hydrogens (tertiary/aromatic N) is 6. The Kier molecular flexibility index (Phi) is 4.66. The Morgan fingerprint density at radius 3 is 2.58 bits per heavy atom. The van der Waals surface area contributed by atoms with Gasteiger partial charge >= 0.3 is 0 Å². The maximum absolute atomic E-state index is 5.81. The zero-order chi connectivity index (χ0) is 17.1. The molecule has 1 atom stereocenters. The Labute approximate surface area is 145 Å². The lowest BCUT2D eigenvalue weighted by Gasteiger charge is -2.15. The van der Waals surface area contributed by atoms with Crippen molar-refractivity contribution in [2.45, 2.75) is 17.3 Å². The molecule has 0 bridgehead atoms. The summed E-state index contributed by atoms with van der Waals surface area (Å²) in [7, 11) is 3.75. The van der Waals surface area contributed by atoms with E-state index in [9.17, 15) is 0 Å². The molecule has 0 aliphatic carbocycles. The molecule has 7 nitrogen and oxygen atoms in total. The molecule has 0 radical (unpaired) electrons. The highest BCUT2D eigenvalue weighted by Crippen LogP contribution is 2.33. The molecule has 24 heavy (non-hydrogen) atoms.